The van der Waals surface area contributed by atoms with Crippen molar-refractivity contribution in [2.24, 2.45) is 5.41 Å². The first-order valence-corrected chi connectivity index (χ1v) is 8.32. The van der Waals surface area contributed by atoms with Gasteiger partial charge < -0.3 is 9.15 Å². The topological polar surface area (TPSA) is 60.5 Å². The molecule has 22 heavy (non-hydrogen) atoms. The van der Waals surface area contributed by atoms with Crippen molar-refractivity contribution in [1.29, 1.82) is 0 Å². The van der Waals surface area contributed by atoms with Crippen LogP contribution in [0, 0.1) is 5.41 Å². The molecule has 0 spiro atoms. The van der Waals surface area contributed by atoms with E-state index in [9.17, 15) is 4.79 Å². The summed E-state index contributed by atoms with van der Waals surface area (Å²) in [5.41, 5.74) is 0.170. The summed E-state index contributed by atoms with van der Waals surface area (Å²) in [4.78, 5) is 14.1. The van der Waals surface area contributed by atoms with Crippen molar-refractivity contribution < 1.29 is 9.15 Å². The van der Waals surface area contributed by atoms with Crippen LogP contribution in [0.4, 0.5) is 0 Å². The molecule has 1 aliphatic carbocycles. The second kappa shape index (κ2) is 6.96. The third-order valence-corrected chi connectivity index (χ3v) is 5.34. The van der Waals surface area contributed by atoms with Gasteiger partial charge >= 0.3 is 5.76 Å². The van der Waals surface area contributed by atoms with Gasteiger partial charge in [0.25, 0.3) is 0 Å². The van der Waals surface area contributed by atoms with Gasteiger partial charge in [-0.15, -0.1) is 5.10 Å². The molecule has 0 amide bonds. The Bertz CT molecular complexity index is 533. The zero-order valence-corrected chi connectivity index (χ0v) is 14.5. The summed E-state index contributed by atoms with van der Waals surface area (Å²) in [5, 5.41) is 4.28. The second-order valence-electron chi connectivity index (χ2n) is 6.33. The van der Waals surface area contributed by atoms with Gasteiger partial charge in [-0.25, -0.2) is 4.79 Å². The van der Waals surface area contributed by atoms with Crippen molar-refractivity contribution in [2.75, 3.05) is 14.2 Å². The average Bonchev–Trinajstić information content (AvgIpc) is 2.80. The molecule has 6 nitrogen and oxygen atoms in total. The van der Waals surface area contributed by atoms with Crippen molar-refractivity contribution in [2.45, 2.75) is 71.7 Å². The summed E-state index contributed by atoms with van der Waals surface area (Å²) in [6, 6.07) is 0.408. The highest BCUT2D eigenvalue weighted by molar-refractivity contribution is 5.06. The molecule has 2 unspecified atom stereocenters. The first-order valence-electron chi connectivity index (χ1n) is 8.32. The Kier molecular flexibility index (Phi) is 5.45. The van der Waals surface area contributed by atoms with Crippen LogP contribution in [0.2, 0.25) is 0 Å². The standard InChI is InChI=1S/C16H29N3O3/c1-6-9-14-17-19(15(20)22-14)11-18(4)12-10-13(21-5)16(12,7-2)8-3/h12-13H,6-11H2,1-5H3. The van der Waals surface area contributed by atoms with Crippen LogP contribution in [0.15, 0.2) is 9.21 Å². The molecule has 0 bridgehead atoms. The van der Waals surface area contributed by atoms with Crippen LogP contribution in [-0.4, -0.2) is 41.0 Å². The van der Waals surface area contributed by atoms with Gasteiger partial charge in [-0.05, 0) is 32.7 Å². The Morgan fingerprint density at radius 3 is 2.64 bits per heavy atom. The van der Waals surface area contributed by atoms with Crippen LogP contribution >= 0.6 is 0 Å². The van der Waals surface area contributed by atoms with Crippen LogP contribution in [0.25, 0.3) is 0 Å². The number of aromatic nitrogens is 2. The maximum atomic E-state index is 11.9. The normalized spacial score (nSPS) is 23.7. The van der Waals surface area contributed by atoms with E-state index < -0.39 is 0 Å². The van der Waals surface area contributed by atoms with Gasteiger partial charge in [0.15, 0.2) is 0 Å². The van der Waals surface area contributed by atoms with E-state index in [2.05, 4.69) is 30.9 Å². The lowest BCUT2D eigenvalue weighted by Crippen LogP contribution is -2.63. The summed E-state index contributed by atoms with van der Waals surface area (Å²) in [6.07, 6.45) is 5.08. The molecule has 1 aromatic rings. The number of ether oxygens (including phenoxy) is 1. The SMILES string of the molecule is CCCc1nn(CN(C)C2CC(OC)C2(CC)CC)c(=O)o1. The van der Waals surface area contributed by atoms with Crippen molar-refractivity contribution in [3.63, 3.8) is 0 Å². The number of methoxy groups -OCH3 is 1. The smallest absolute Gasteiger partial charge is 0.392 e. The molecule has 0 aromatic carbocycles. The molecule has 1 saturated carbocycles. The maximum Gasteiger partial charge on any atom is 0.438 e. The monoisotopic (exact) mass is 311 g/mol. The number of hydrogen-bond acceptors (Lipinski definition) is 5. The van der Waals surface area contributed by atoms with Gasteiger partial charge in [-0.3, -0.25) is 4.90 Å². The van der Waals surface area contributed by atoms with Crippen LogP contribution in [0.1, 0.15) is 52.3 Å². The first kappa shape index (κ1) is 17.2. The van der Waals surface area contributed by atoms with Gasteiger partial charge in [0.1, 0.15) is 6.67 Å². The van der Waals surface area contributed by atoms with Crippen molar-refractivity contribution >= 4 is 0 Å². The fraction of sp³-hybridized carbons (Fsp3) is 0.875. The molecular weight excluding hydrogens is 282 g/mol. The highest BCUT2D eigenvalue weighted by atomic mass is 16.5. The Morgan fingerprint density at radius 2 is 2.09 bits per heavy atom. The molecule has 2 atom stereocenters. The van der Waals surface area contributed by atoms with Crippen LogP contribution in [0.5, 0.6) is 0 Å². The van der Waals surface area contributed by atoms with E-state index in [-0.39, 0.29) is 11.2 Å². The molecule has 1 aliphatic rings. The van der Waals surface area contributed by atoms with E-state index in [1.807, 2.05) is 6.92 Å². The van der Waals surface area contributed by atoms with Gasteiger partial charge in [0.05, 0.1) is 6.10 Å². The molecule has 0 radical (unpaired) electrons. The quantitative estimate of drug-likeness (QED) is 0.737. The third kappa shape index (κ3) is 2.86. The van der Waals surface area contributed by atoms with Gasteiger partial charge in [0.2, 0.25) is 5.89 Å². The first-order chi connectivity index (χ1) is 10.5. The molecule has 126 valence electrons. The van der Waals surface area contributed by atoms with Gasteiger partial charge in [0, 0.05) is 25.0 Å². The Morgan fingerprint density at radius 1 is 1.41 bits per heavy atom. The molecule has 0 N–H and O–H groups in total. The van der Waals surface area contributed by atoms with Gasteiger partial charge in [-0.2, -0.15) is 4.68 Å². The Labute approximate surface area is 132 Å². The number of rotatable bonds is 8. The number of aryl methyl sites for hydroxylation is 1. The predicted octanol–water partition coefficient (Wildman–Crippen LogP) is 2.27. The van der Waals surface area contributed by atoms with Crippen molar-refractivity contribution in [3.8, 4) is 0 Å². The average molecular weight is 311 g/mol. The maximum absolute atomic E-state index is 11.9. The van der Waals surface area contributed by atoms with Crippen LogP contribution < -0.4 is 5.76 Å². The lowest BCUT2D eigenvalue weighted by Gasteiger charge is -2.57. The highest BCUT2D eigenvalue weighted by Crippen LogP contribution is 2.50. The minimum Gasteiger partial charge on any atom is -0.392 e. The Hall–Kier alpha value is -1.14. The van der Waals surface area contributed by atoms with Crippen LogP contribution in [-0.2, 0) is 17.8 Å². The molecular formula is C16H29N3O3. The number of nitrogens with zero attached hydrogens (tertiary/aromatic N) is 3. The van der Waals surface area contributed by atoms with E-state index in [4.69, 9.17) is 9.15 Å². The third-order valence-electron chi connectivity index (χ3n) is 5.34. The molecule has 1 heterocycles. The Balaban J connectivity index is 2.09. The summed E-state index contributed by atoms with van der Waals surface area (Å²) in [6.45, 7) is 6.95. The summed E-state index contributed by atoms with van der Waals surface area (Å²) in [7, 11) is 3.84. The fourth-order valence-electron chi connectivity index (χ4n) is 3.92. The lowest BCUT2D eigenvalue weighted by atomic mass is 9.58. The van der Waals surface area contributed by atoms with Gasteiger partial charge in [-0.1, -0.05) is 20.8 Å². The van der Waals surface area contributed by atoms with Crippen LogP contribution in [0.3, 0.4) is 0 Å². The predicted molar refractivity (Wildman–Crippen MR) is 84.7 cm³/mol. The molecule has 1 aromatic heterocycles. The van der Waals surface area contributed by atoms with E-state index >= 15 is 0 Å². The molecule has 2 rings (SSSR count). The highest BCUT2D eigenvalue weighted by Gasteiger charge is 2.54. The summed E-state index contributed by atoms with van der Waals surface area (Å²) in [5.74, 6) is 0.165. The largest absolute Gasteiger partial charge is 0.438 e. The van der Waals surface area contributed by atoms with E-state index in [1.165, 1.54) is 4.68 Å². The zero-order chi connectivity index (χ0) is 16.3. The lowest BCUT2D eigenvalue weighted by molar-refractivity contribution is -0.162. The summed E-state index contributed by atoms with van der Waals surface area (Å²) >= 11 is 0. The number of hydrogen-bond donors (Lipinski definition) is 0. The fourth-order valence-corrected chi connectivity index (χ4v) is 3.92. The van der Waals surface area contributed by atoms with Crippen molar-refractivity contribution in [1.82, 2.24) is 14.7 Å². The summed E-state index contributed by atoms with van der Waals surface area (Å²) < 4.78 is 12.3. The van der Waals surface area contributed by atoms with E-state index in [0.29, 0.717) is 31.1 Å². The molecule has 6 heteroatoms. The molecule has 0 saturated heterocycles. The van der Waals surface area contributed by atoms with E-state index in [1.54, 1.807) is 7.11 Å². The minimum absolute atomic E-state index is 0.170. The molecule has 0 aliphatic heterocycles. The zero-order valence-electron chi connectivity index (χ0n) is 14.5. The minimum atomic E-state index is -0.364. The molecule has 1 fully saturated rings. The van der Waals surface area contributed by atoms with E-state index in [0.717, 1.165) is 25.7 Å². The van der Waals surface area contributed by atoms with Crippen molar-refractivity contribution in [3.05, 3.63) is 16.4 Å². The second-order valence-corrected chi connectivity index (χ2v) is 6.33.